The Kier molecular flexibility index (Phi) is 8.40. The second-order valence-electron chi connectivity index (χ2n) is 2.34. The van der Waals surface area contributed by atoms with E-state index in [0.717, 1.165) is 17.8 Å². The van der Waals surface area contributed by atoms with E-state index in [1.165, 1.54) is 0 Å². The number of halogens is 3. The molecule has 0 rings (SSSR count). The number of carbonyl (C=O) groups excluding carboxylic acids is 1. The molecule has 0 aliphatic heterocycles. The molecule has 0 aliphatic carbocycles. The second kappa shape index (κ2) is 8.00. The van der Waals surface area contributed by atoms with Gasteiger partial charge in [-0.25, -0.2) is 4.79 Å². The summed E-state index contributed by atoms with van der Waals surface area (Å²) in [5, 5.41) is 0.917. The Bertz CT molecular complexity index is 173. The van der Waals surface area contributed by atoms with Crippen molar-refractivity contribution in [3.8, 4) is 0 Å². The number of rotatable bonds is 6. The molecule has 0 saturated carbocycles. The normalized spacial score (nSPS) is 14.7. The summed E-state index contributed by atoms with van der Waals surface area (Å²) in [6.45, 7) is 3.67. The zero-order valence-corrected chi connectivity index (χ0v) is 11.8. The number of alkyl halides is 3. The van der Waals surface area contributed by atoms with E-state index in [2.05, 4.69) is 54.4 Å². The second-order valence-corrected chi connectivity index (χ2v) is 5.49. The van der Waals surface area contributed by atoms with E-state index in [0.29, 0.717) is 11.4 Å². The number of esters is 1. The number of ether oxygens (including phenoxy) is 1. The molecule has 0 aliphatic rings. The van der Waals surface area contributed by atoms with Crippen LogP contribution in [0.4, 0.5) is 0 Å². The maximum absolute atomic E-state index is 10.7. The van der Waals surface area contributed by atoms with Crippen LogP contribution < -0.4 is 0 Å². The van der Waals surface area contributed by atoms with Gasteiger partial charge in [-0.05, 0) is 6.42 Å². The van der Waals surface area contributed by atoms with E-state index in [9.17, 15) is 4.79 Å². The van der Waals surface area contributed by atoms with Crippen LogP contribution in [0.2, 0.25) is 0 Å². The predicted molar refractivity (Wildman–Crippen MR) is 65.0 cm³/mol. The number of carbonyl (C=O) groups is 1. The predicted octanol–water partition coefficient (Wildman–Crippen LogP) is 3.03. The minimum absolute atomic E-state index is 0.133. The molecule has 0 N–H and O–H groups in total. The van der Waals surface area contributed by atoms with Gasteiger partial charge in [-0.1, -0.05) is 54.4 Å². The molecule has 0 aromatic rings. The molecular formula is C8H11Br3O2. The van der Waals surface area contributed by atoms with Crippen molar-refractivity contribution >= 4 is 53.8 Å². The Morgan fingerprint density at radius 3 is 2.54 bits per heavy atom. The molecule has 0 aromatic heterocycles. The zero-order chi connectivity index (χ0) is 10.3. The Balaban J connectivity index is 3.66. The number of hydrogen-bond donors (Lipinski definition) is 0. The van der Waals surface area contributed by atoms with Crippen molar-refractivity contribution < 1.29 is 9.53 Å². The SMILES string of the molecule is C=CC(=O)OCC(Br)C(Br)CCBr. The first-order valence-electron chi connectivity index (χ1n) is 3.75. The molecule has 13 heavy (non-hydrogen) atoms. The van der Waals surface area contributed by atoms with Crippen LogP contribution in [-0.4, -0.2) is 27.6 Å². The summed E-state index contributed by atoms with van der Waals surface area (Å²) in [5.41, 5.74) is 0. The highest BCUT2D eigenvalue weighted by atomic mass is 79.9. The third-order valence-electron chi connectivity index (χ3n) is 1.33. The lowest BCUT2D eigenvalue weighted by Crippen LogP contribution is -2.22. The molecule has 2 unspecified atom stereocenters. The van der Waals surface area contributed by atoms with Gasteiger partial charge < -0.3 is 4.74 Å². The van der Waals surface area contributed by atoms with Crippen LogP contribution in [-0.2, 0) is 9.53 Å². The molecule has 5 heteroatoms. The van der Waals surface area contributed by atoms with Crippen LogP contribution in [0, 0.1) is 0 Å². The van der Waals surface area contributed by atoms with Gasteiger partial charge in [0.15, 0.2) is 0 Å². The Morgan fingerprint density at radius 2 is 2.08 bits per heavy atom. The molecule has 2 atom stereocenters. The summed E-state index contributed by atoms with van der Waals surface area (Å²) in [7, 11) is 0. The first-order valence-corrected chi connectivity index (χ1v) is 6.70. The highest BCUT2D eigenvalue weighted by Gasteiger charge is 2.16. The van der Waals surface area contributed by atoms with Crippen LogP contribution in [0.3, 0.4) is 0 Å². The van der Waals surface area contributed by atoms with E-state index in [4.69, 9.17) is 4.74 Å². The number of hydrogen-bond acceptors (Lipinski definition) is 2. The summed E-state index contributed by atoms with van der Waals surface area (Å²) in [6.07, 6.45) is 2.13. The quantitative estimate of drug-likeness (QED) is 0.403. The van der Waals surface area contributed by atoms with Crippen LogP contribution in [0.1, 0.15) is 6.42 Å². The van der Waals surface area contributed by atoms with E-state index in [1.807, 2.05) is 0 Å². The Labute approximate surface area is 103 Å². The van der Waals surface area contributed by atoms with Crippen molar-refractivity contribution in [1.82, 2.24) is 0 Å². The fraction of sp³-hybridized carbons (Fsp3) is 0.625. The standard InChI is InChI=1S/C8H11Br3O2/c1-2-8(12)13-5-7(11)6(10)3-4-9/h2,6-7H,1,3-5H2. The summed E-state index contributed by atoms with van der Waals surface area (Å²) in [6, 6.07) is 0. The van der Waals surface area contributed by atoms with Crippen LogP contribution in [0.5, 0.6) is 0 Å². The van der Waals surface area contributed by atoms with Crippen LogP contribution in [0.25, 0.3) is 0 Å². The van der Waals surface area contributed by atoms with Gasteiger partial charge in [0, 0.05) is 16.2 Å². The largest absolute Gasteiger partial charge is 0.461 e. The monoisotopic (exact) mass is 376 g/mol. The summed E-state index contributed by atoms with van der Waals surface area (Å²) in [4.78, 5) is 11.1. The molecule has 0 saturated heterocycles. The van der Waals surface area contributed by atoms with Gasteiger partial charge >= 0.3 is 5.97 Å². The van der Waals surface area contributed by atoms with Gasteiger partial charge in [-0.15, -0.1) is 0 Å². The van der Waals surface area contributed by atoms with E-state index >= 15 is 0 Å². The molecule has 0 bridgehead atoms. The topological polar surface area (TPSA) is 26.3 Å². The maximum Gasteiger partial charge on any atom is 0.330 e. The third-order valence-corrected chi connectivity index (χ3v) is 4.49. The molecule has 0 radical (unpaired) electrons. The maximum atomic E-state index is 10.7. The molecule has 0 heterocycles. The van der Waals surface area contributed by atoms with Crippen molar-refractivity contribution in [2.24, 2.45) is 0 Å². The molecular weight excluding hydrogens is 368 g/mol. The van der Waals surface area contributed by atoms with Crippen molar-refractivity contribution in [2.75, 3.05) is 11.9 Å². The fourth-order valence-electron chi connectivity index (χ4n) is 0.610. The summed E-state index contributed by atoms with van der Waals surface area (Å²) < 4.78 is 4.87. The van der Waals surface area contributed by atoms with Gasteiger partial charge in [0.1, 0.15) is 6.61 Å². The first kappa shape index (κ1) is 13.7. The van der Waals surface area contributed by atoms with Crippen LogP contribution in [0.15, 0.2) is 12.7 Å². The third kappa shape index (κ3) is 6.69. The lowest BCUT2D eigenvalue weighted by atomic mass is 10.3. The average Bonchev–Trinajstić information content (AvgIpc) is 2.13. The van der Waals surface area contributed by atoms with Crippen molar-refractivity contribution in [2.45, 2.75) is 16.1 Å². The van der Waals surface area contributed by atoms with Gasteiger partial charge in [0.05, 0.1) is 4.83 Å². The van der Waals surface area contributed by atoms with Crippen molar-refractivity contribution in [3.05, 3.63) is 12.7 Å². The van der Waals surface area contributed by atoms with Gasteiger partial charge in [0.25, 0.3) is 0 Å². The van der Waals surface area contributed by atoms with Crippen molar-refractivity contribution in [3.63, 3.8) is 0 Å². The minimum Gasteiger partial charge on any atom is -0.461 e. The molecule has 0 aromatic carbocycles. The van der Waals surface area contributed by atoms with Crippen molar-refractivity contribution in [1.29, 1.82) is 0 Å². The lowest BCUT2D eigenvalue weighted by Gasteiger charge is -2.14. The van der Waals surface area contributed by atoms with Gasteiger partial charge in [0.2, 0.25) is 0 Å². The Hall–Kier alpha value is 0.650. The molecule has 2 nitrogen and oxygen atoms in total. The lowest BCUT2D eigenvalue weighted by molar-refractivity contribution is -0.137. The first-order chi connectivity index (χ1) is 6.11. The van der Waals surface area contributed by atoms with E-state index in [-0.39, 0.29) is 10.8 Å². The van der Waals surface area contributed by atoms with Gasteiger partial charge in [-0.3, -0.25) is 0 Å². The molecule has 0 amide bonds. The molecule has 0 fully saturated rings. The Morgan fingerprint density at radius 1 is 1.46 bits per heavy atom. The average molecular weight is 379 g/mol. The highest BCUT2D eigenvalue weighted by molar-refractivity contribution is 9.12. The van der Waals surface area contributed by atoms with E-state index < -0.39 is 0 Å². The molecule has 76 valence electrons. The fourth-order valence-corrected chi connectivity index (χ4v) is 2.50. The minimum atomic E-state index is -0.386. The highest BCUT2D eigenvalue weighted by Crippen LogP contribution is 2.19. The molecule has 0 spiro atoms. The van der Waals surface area contributed by atoms with E-state index in [1.54, 1.807) is 0 Å². The summed E-state index contributed by atoms with van der Waals surface area (Å²) in [5.74, 6) is -0.386. The van der Waals surface area contributed by atoms with Gasteiger partial charge in [-0.2, -0.15) is 0 Å². The van der Waals surface area contributed by atoms with Crippen LogP contribution >= 0.6 is 47.8 Å². The zero-order valence-electron chi connectivity index (χ0n) is 7.01. The smallest absolute Gasteiger partial charge is 0.330 e. The summed E-state index contributed by atoms with van der Waals surface area (Å²) >= 11 is 10.2.